The summed E-state index contributed by atoms with van der Waals surface area (Å²) in [7, 11) is 1.28. The van der Waals surface area contributed by atoms with E-state index in [1.165, 1.54) is 7.11 Å². The van der Waals surface area contributed by atoms with Crippen LogP contribution in [0.1, 0.15) is 15.9 Å². The van der Waals surface area contributed by atoms with E-state index in [0.29, 0.717) is 17.0 Å². The van der Waals surface area contributed by atoms with Crippen LogP contribution in [0.3, 0.4) is 0 Å². The molecule has 0 aliphatic heterocycles. The number of nitrogens with two attached hydrogens (primary N) is 1. The van der Waals surface area contributed by atoms with Gasteiger partial charge in [-0.15, -0.1) is 0 Å². The molecule has 0 unspecified atom stereocenters. The summed E-state index contributed by atoms with van der Waals surface area (Å²) in [4.78, 5) is 11.7. The summed E-state index contributed by atoms with van der Waals surface area (Å²) in [5.41, 5.74) is 6.69. The minimum absolute atomic E-state index is 0.182. The highest BCUT2D eigenvalue weighted by molar-refractivity contribution is 5.94. The second-order valence-electron chi connectivity index (χ2n) is 3.93. The summed E-state index contributed by atoms with van der Waals surface area (Å²) in [6, 6.07) is 13.5. The zero-order valence-electron chi connectivity index (χ0n) is 10.8. The van der Waals surface area contributed by atoms with Gasteiger partial charge in [0.05, 0.1) is 18.4 Å². The van der Waals surface area contributed by atoms with Crippen LogP contribution in [0.2, 0.25) is 0 Å². The van der Waals surface area contributed by atoms with Gasteiger partial charge in [-0.1, -0.05) is 18.2 Å². The number of benzene rings is 2. The van der Waals surface area contributed by atoms with Crippen molar-refractivity contribution < 1.29 is 14.3 Å². The lowest BCUT2D eigenvalue weighted by atomic mass is 10.1. The molecule has 0 saturated heterocycles. The Labute approximate surface area is 116 Å². The van der Waals surface area contributed by atoms with Gasteiger partial charge in [-0.3, -0.25) is 0 Å². The minimum Gasteiger partial charge on any atom is -0.465 e. The number of esters is 1. The quantitative estimate of drug-likeness (QED) is 0.683. The van der Waals surface area contributed by atoms with Crippen LogP contribution >= 0.6 is 0 Å². The second-order valence-corrected chi connectivity index (χ2v) is 3.93. The Hall–Kier alpha value is -3.00. The molecule has 0 heterocycles. The Morgan fingerprint density at radius 1 is 1.20 bits per heavy atom. The SMILES string of the molecule is COC(=O)c1cccc(N)c1Oc1ccccc1C#N. The summed E-state index contributed by atoms with van der Waals surface area (Å²) in [6.07, 6.45) is 0. The lowest BCUT2D eigenvalue weighted by Crippen LogP contribution is -2.06. The van der Waals surface area contributed by atoms with E-state index < -0.39 is 5.97 Å². The zero-order valence-corrected chi connectivity index (χ0v) is 10.8. The van der Waals surface area contributed by atoms with Gasteiger partial charge in [0.2, 0.25) is 0 Å². The highest BCUT2D eigenvalue weighted by Gasteiger charge is 2.17. The van der Waals surface area contributed by atoms with Crippen LogP contribution in [-0.2, 0) is 4.74 Å². The molecule has 2 aromatic rings. The third-order valence-corrected chi connectivity index (χ3v) is 2.67. The van der Waals surface area contributed by atoms with Gasteiger partial charge >= 0.3 is 5.97 Å². The monoisotopic (exact) mass is 268 g/mol. The van der Waals surface area contributed by atoms with Gasteiger partial charge < -0.3 is 15.2 Å². The number of nitrogen functional groups attached to an aromatic ring is 1. The number of methoxy groups -OCH3 is 1. The predicted octanol–water partition coefficient (Wildman–Crippen LogP) is 2.72. The molecule has 5 nitrogen and oxygen atoms in total. The van der Waals surface area contributed by atoms with Crippen LogP contribution in [-0.4, -0.2) is 13.1 Å². The van der Waals surface area contributed by atoms with Gasteiger partial charge in [-0.25, -0.2) is 4.79 Å². The average Bonchev–Trinajstić information content (AvgIpc) is 2.49. The molecule has 2 N–H and O–H groups in total. The summed E-state index contributed by atoms with van der Waals surface area (Å²) < 4.78 is 10.3. The summed E-state index contributed by atoms with van der Waals surface area (Å²) in [5, 5.41) is 9.04. The first-order valence-electron chi connectivity index (χ1n) is 5.81. The largest absolute Gasteiger partial charge is 0.465 e. The molecule has 100 valence electrons. The van der Waals surface area contributed by atoms with E-state index in [1.807, 2.05) is 6.07 Å². The van der Waals surface area contributed by atoms with E-state index in [-0.39, 0.29) is 11.3 Å². The molecule has 0 aliphatic rings. The van der Waals surface area contributed by atoms with E-state index >= 15 is 0 Å². The van der Waals surface area contributed by atoms with Crippen molar-refractivity contribution in [2.45, 2.75) is 0 Å². The molecule has 2 aromatic carbocycles. The summed E-state index contributed by atoms with van der Waals surface area (Å²) >= 11 is 0. The molecular weight excluding hydrogens is 256 g/mol. The number of para-hydroxylation sites is 2. The number of ether oxygens (including phenoxy) is 2. The van der Waals surface area contributed by atoms with E-state index in [0.717, 1.165) is 0 Å². The first-order chi connectivity index (χ1) is 9.67. The van der Waals surface area contributed by atoms with Crippen LogP contribution in [0.15, 0.2) is 42.5 Å². The smallest absolute Gasteiger partial charge is 0.341 e. The van der Waals surface area contributed by atoms with E-state index in [4.69, 9.17) is 15.7 Å². The van der Waals surface area contributed by atoms with Gasteiger partial charge in [-0.2, -0.15) is 5.26 Å². The van der Waals surface area contributed by atoms with Crippen LogP contribution < -0.4 is 10.5 Å². The molecule has 0 spiro atoms. The Kier molecular flexibility index (Phi) is 3.87. The molecule has 0 aromatic heterocycles. The first kappa shape index (κ1) is 13.4. The van der Waals surface area contributed by atoms with Crippen molar-refractivity contribution in [3.05, 3.63) is 53.6 Å². The molecule has 20 heavy (non-hydrogen) atoms. The Morgan fingerprint density at radius 3 is 2.65 bits per heavy atom. The number of hydrogen-bond acceptors (Lipinski definition) is 5. The second kappa shape index (κ2) is 5.76. The van der Waals surface area contributed by atoms with Crippen molar-refractivity contribution in [1.82, 2.24) is 0 Å². The fraction of sp³-hybridized carbons (Fsp3) is 0.0667. The summed E-state index contributed by atoms with van der Waals surface area (Å²) in [5.74, 6) is -0.0400. The van der Waals surface area contributed by atoms with Gasteiger partial charge in [-0.05, 0) is 24.3 Å². The van der Waals surface area contributed by atoms with Gasteiger partial charge in [0.25, 0.3) is 0 Å². The minimum atomic E-state index is -0.554. The third-order valence-electron chi connectivity index (χ3n) is 2.67. The van der Waals surface area contributed by atoms with Crippen LogP contribution in [0, 0.1) is 11.3 Å². The van der Waals surface area contributed by atoms with Crippen molar-refractivity contribution in [1.29, 1.82) is 5.26 Å². The highest BCUT2D eigenvalue weighted by atomic mass is 16.5. The van der Waals surface area contributed by atoms with E-state index in [9.17, 15) is 4.79 Å². The maximum atomic E-state index is 11.7. The number of nitrogens with zero attached hydrogens (tertiary/aromatic N) is 1. The maximum absolute atomic E-state index is 11.7. The molecule has 0 radical (unpaired) electrons. The highest BCUT2D eigenvalue weighted by Crippen LogP contribution is 2.33. The van der Waals surface area contributed by atoms with Crippen molar-refractivity contribution >= 4 is 11.7 Å². The molecule has 0 saturated carbocycles. The lowest BCUT2D eigenvalue weighted by molar-refractivity contribution is 0.0598. The molecule has 0 atom stereocenters. The Bertz CT molecular complexity index is 690. The summed E-state index contributed by atoms with van der Waals surface area (Å²) in [6.45, 7) is 0. The lowest BCUT2D eigenvalue weighted by Gasteiger charge is -2.13. The number of nitriles is 1. The van der Waals surface area contributed by atoms with Crippen LogP contribution in [0.25, 0.3) is 0 Å². The van der Waals surface area contributed by atoms with E-state index in [2.05, 4.69) is 4.74 Å². The van der Waals surface area contributed by atoms with Crippen LogP contribution in [0.4, 0.5) is 5.69 Å². The molecular formula is C15H12N2O3. The predicted molar refractivity (Wildman–Crippen MR) is 73.4 cm³/mol. The van der Waals surface area contributed by atoms with Gasteiger partial charge in [0.15, 0.2) is 5.75 Å². The topological polar surface area (TPSA) is 85.3 Å². The fourth-order valence-electron chi connectivity index (χ4n) is 1.70. The number of carbonyl (C=O) groups excluding carboxylic acids is 1. The number of anilines is 1. The average molecular weight is 268 g/mol. The Morgan fingerprint density at radius 2 is 1.95 bits per heavy atom. The normalized spacial score (nSPS) is 9.60. The standard InChI is InChI=1S/C15H12N2O3/c1-19-15(18)11-6-4-7-12(17)14(11)20-13-8-3-2-5-10(13)9-16/h2-8H,17H2,1H3. The van der Waals surface area contributed by atoms with Crippen molar-refractivity contribution in [2.75, 3.05) is 12.8 Å². The molecule has 0 amide bonds. The molecule has 2 rings (SSSR count). The number of rotatable bonds is 3. The van der Waals surface area contributed by atoms with E-state index in [1.54, 1.807) is 42.5 Å². The first-order valence-corrected chi connectivity index (χ1v) is 5.81. The van der Waals surface area contributed by atoms with Crippen molar-refractivity contribution in [2.24, 2.45) is 0 Å². The molecule has 0 aliphatic carbocycles. The van der Waals surface area contributed by atoms with Crippen molar-refractivity contribution in [3.63, 3.8) is 0 Å². The third kappa shape index (κ3) is 2.54. The number of hydrogen-bond donors (Lipinski definition) is 1. The van der Waals surface area contributed by atoms with Gasteiger partial charge in [0.1, 0.15) is 17.4 Å². The maximum Gasteiger partial charge on any atom is 0.341 e. The van der Waals surface area contributed by atoms with Gasteiger partial charge in [0, 0.05) is 0 Å². The molecule has 5 heteroatoms. The molecule has 0 bridgehead atoms. The van der Waals surface area contributed by atoms with Crippen molar-refractivity contribution in [3.8, 4) is 17.6 Å². The Balaban J connectivity index is 2.48. The zero-order chi connectivity index (χ0) is 14.5. The van der Waals surface area contributed by atoms with Crippen LogP contribution in [0.5, 0.6) is 11.5 Å². The molecule has 0 fully saturated rings. The fourth-order valence-corrected chi connectivity index (χ4v) is 1.70. The number of carbonyl (C=O) groups is 1.